The molecule has 2 rings (SSSR count). The highest BCUT2D eigenvalue weighted by Gasteiger charge is 2.42. The molecule has 0 aromatic heterocycles. The van der Waals surface area contributed by atoms with Gasteiger partial charge in [-0.05, 0) is 37.5 Å². The van der Waals surface area contributed by atoms with Crippen LogP contribution < -0.4 is 10.0 Å². The Kier molecular flexibility index (Phi) is 5.50. The number of aromatic hydroxyl groups is 1. The average Bonchev–Trinajstić information content (AvgIpc) is 2.47. The first-order valence-corrected chi connectivity index (χ1v) is 9.53. The molecule has 10 heteroatoms. The van der Waals surface area contributed by atoms with Crippen molar-refractivity contribution in [1.29, 1.82) is 0 Å². The van der Waals surface area contributed by atoms with Gasteiger partial charge in [-0.25, -0.2) is 8.42 Å². The van der Waals surface area contributed by atoms with E-state index < -0.39 is 34.1 Å². The van der Waals surface area contributed by atoms with Gasteiger partial charge >= 0.3 is 6.18 Å². The molecule has 1 aliphatic rings. The summed E-state index contributed by atoms with van der Waals surface area (Å²) in [4.78, 5) is 12.3. The summed E-state index contributed by atoms with van der Waals surface area (Å²) < 4.78 is 63.1. The highest BCUT2D eigenvalue weighted by molar-refractivity contribution is 7.92. The summed E-state index contributed by atoms with van der Waals surface area (Å²) in [6.07, 6.45) is -2.78. The number of hydrogen-bond donors (Lipinski definition) is 3. The number of carbonyl (C=O) groups excluding carboxylic acids is 1. The minimum Gasteiger partial charge on any atom is -0.507 e. The highest BCUT2D eigenvalue weighted by Crippen LogP contribution is 2.37. The van der Waals surface area contributed by atoms with Crippen LogP contribution in [0.4, 0.5) is 18.9 Å². The molecule has 2 unspecified atom stereocenters. The number of phenolic OH excluding ortho intramolecular Hbond substituents is 1. The van der Waals surface area contributed by atoms with E-state index in [1.165, 1.54) is 6.07 Å². The lowest BCUT2D eigenvalue weighted by molar-refractivity contribution is -0.183. The Balaban J connectivity index is 2.11. The number of amides is 1. The topological polar surface area (TPSA) is 95.5 Å². The van der Waals surface area contributed by atoms with E-state index in [-0.39, 0.29) is 29.8 Å². The van der Waals surface area contributed by atoms with Crippen LogP contribution in [0.5, 0.6) is 5.75 Å². The molecule has 1 amide bonds. The standard InChI is InChI=1S/C15H19F3N2O4S/c1-25(23,24)20-11-5-6-13(21)12(8-11)14(22)19-10-4-2-3-9(7-10)15(16,17)18/h5-6,8-10,20-21H,2-4,7H2,1H3,(H,19,22). The van der Waals surface area contributed by atoms with Gasteiger partial charge in [0, 0.05) is 11.7 Å². The second kappa shape index (κ2) is 7.11. The van der Waals surface area contributed by atoms with Crippen molar-refractivity contribution >= 4 is 21.6 Å². The molecule has 1 aromatic rings. The van der Waals surface area contributed by atoms with Gasteiger partial charge in [0.1, 0.15) is 5.75 Å². The minimum absolute atomic E-state index is 0.0366. The van der Waals surface area contributed by atoms with Crippen molar-refractivity contribution in [3.63, 3.8) is 0 Å². The Labute approximate surface area is 143 Å². The number of alkyl halides is 3. The molecule has 1 aliphatic carbocycles. The largest absolute Gasteiger partial charge is 0.507 e. The van der Waals surface area contributed by atoms with Gasteiger partial charge in [0.15, 0.2) is 0 Å². The van der Waals surface area contributed by atoms with Gasteiger partial charge in [0.2, 0.25) is 10.0 Å². The van der Waals surface area contributed by atoms with Crippen molar-refractivity contribution < 1.29 is 31.5 Å². The predicted octanol–water partition coefficient (Wildman–Crippen LogP) is 2.61. The molecule has 6 nitrogen and oxygen atoms in total. The number of rotatable bonds is 4. The van der Waals surface area contributed by atoms with E-state index in [0.717, 1.165) is 18.4 Å². The monoisotopic (exact) mass is 380 g/mol. The van der Waals surface area contributed by atoms with Crippen molar-refractivity contribution in [1.82, 2.24) is 5.32 Å². The Bertz CT molecular complexity index is 750. The van der Waals surface area contributed by atoms with E-state index in [1.54, 1.807) is 0 Å². The Morgan fingerprint density at radius 3 is 2.56 bits per heavy atom. The first-order chi connectivity index (χ1) is 11.5. The van der Waals surface area contributed by atoms with Crippen LogP contribution in [0.15, 0.2) is 18.2 Å². The third-order valence-corrected chi connectivity index (χ3v) is 4.62. The SMILES string of the molecule is CS(=O)(=O)Nc1ccc(O)c(C(=O)NC2CCCC(C(F)(F)F)C2)c1. The fourth-order valence-electron chi connectivity index (χ4n) is 2.88. The van der Waals surface area contributed by atoms with Crippen LogP contribution in [0, 0.1) is 5.92 Å². The zero-order valence-electron chi connectivity index (χ0n) is 13.4. The van der Waals surface area contributed by atoms with Crippen LogP contribution in [-0.4, -0.2) is 37.9 Å². The minimum atomic E-state index is -4.30. The zero-order chi connectivity index (χ0) is 18.8. The lowest BCUT2D eigenvalue weighted by Crippen LogP contribution is -2.41. The number of anilines is 1. The molecule has 0 bridgehead atoms. The number of phenols is 1. The van der Waals surface area contributed by atoms with E-state index >= 15 is 0 Å². The van der Waals surface area contributed by atoms with Gasteiger partial charge in [0.05, 0.1) is 17.7 Å². The fraction of sp³-hybridized carbons (Fsp3) is 0.533. The predicted molar refractivity (Wildman–Crippen MR) is 85.8 cm³/mol. The van der Waals surface area contributed by atoms with Gasteiger partial charge in [-0.3, -0.25) is 9.52 Å². The summed E-state index contributed by atoms with van der Waals surface area (Å²) in [5, 5.41) is 12.3. The quantitative estimate of drug-likeness (QED) is 0.700. The number of halogens is 3. The van der Waals surface area contributed by atoms with Crippen LogP contribution in [0.3, 0.4) is 0 Å². The fourth-order valence-corrected chi connectivity index (χ4v) is 3.43. The molecule has 1 fully saturated rings. The highest BCUT2D eigenvalue weighted by atomic mass is 32.2. The Hall–Kier alpha value is -1.97. The lowest BCUT2D eigenvalue weighted by atomic mass is 9.85. The van der Waals surface area contributed by atoms with Crippen molar-refractivity contribution in [2.45, 2.75) is 37.9 Å². The molecule has 1 aromatic carbocycles. The zero-order valence-corrected chi connectivity index (χ0v) is 14.2. The molecule has 2 atom stereocenters. The number of nitrogens with one attached hydrogen (secondary N) is 2. The van der Waals surface area contributed by atoms with Crippen LogP contribution >= 0.6 is 0 Å². The maximum atomic E-state index is 12.8. The van der Waals surface area contributed by atoms with E-state index in [0.29, 0.717) is 12.8 Å². The molecule has 1 saturated carbocycles. The molecule has 0 saturated heterocycles. The van der Waals surface area contributed by atoms with E-state index in [9.17, 15) is 31.5 Å². The van der Waals surface area contributed by atoms with Crippen LogP contribution in [0.1, 0.15) is 36.0 Å². The molecule has 25 heavy (non-hydrogen) atoms. The van der Waals surface area contributed by atoms with Gasteiger partial charge < -0.3 is 10.4 Å². The summed E-state index contributed by atoms with van der Waals surface area (Å²) in [5.41, 5.74) is -0.134. The first-order valence-electron chi connectivity index (χ1n) is 7.64. The molecule has 3 N–H and O–H groups in total. The first kappa shape index (κ1) is 19.4. The normalized spacial score (nSPS) is 21.6. The van der Waals surface area contributed by atoms with Gasteiger partial charge in [-0.2, -0.15) is 13.2 Å². The lowest BCUT2D eigenvalue weighted by Gasteiger charge is -2.31. The second-order valence-corrected chi connectivity index (χ2v) is 7.93. The maximum absolute atomic E-state index is 12.8. The number of sulfonamides is 1. The summed E-state index contributed by atoms with van der Waals surface area (Å²) >= 11 is 0. The van der Waals surface area contributed by atoms with Crippen LogP contribution in [0.2, 0.25) is 0 Å². The molecule has 0 spiro atoms. The summed E-state index contributed by atoms with van der Waals surface area (Å²) in [7, 11) is -3.57. The van der Waals surface area contributed by atoms with Crippen molar-refractivity contribution in [3.05, 3.63) is 23.8 Å². The number of benzene rings is 1. The van der Waals surface area contributed by atoms with Gasteiger partial charge in [-0.15, -0.1) is 0 Å². The Morgan fingerprint density at radius 2 is 1.96 bits per heavy atom. The van der Waals surface area contributed by atoms with Gasteiger partial charge in [0.25, 0.3) is 5.91 Å². The average molecular weight is 380 g/mol. The van der Waals surface area contributed by atoms with Crippen LogP contribution in [-0.2, 0) is 10.0 Å². The molecular weight excluding hydrogens is 361 g/mol. The molecule has 0 radical (unpaired) electrons. The smallest absolute Gasteiger partial charge is 0.391 e. The molecule has 0 heterocycles. The maximum Gasteiger partial charge on any atom is 0.391 e. The van der Waals surface area contributed by atoms with Crippen molar-refractivity contribution in [2.24, 2.45) is 5.92 Å². The Morgan fingerprint density at radius 1 is 1.28 bits per heavy atom. The number of carbonyl (C=O) groups is 1. The molecular formula is C15H19F3N2O4S. The summed E-state index contributed by atoms with van der Waals surface area (Å²) in [6, 6.07) is 2.89. The van der Waals surface area contributed by atoms with E-state index in [1.807, 2.05) is 0 Å². The third-order valence-electron chi connectivity index (χ3n) is 4.02. The molecule has 0 aliphatic heterocycles. The van der Waals surface area contributed by atoms with E-state index in [4.69, 9.17) is 0 Å². The second-order valence-electron chi connectivity index (χ2n) is 6.18. The summed E-state index contributed by atoms with van der Waals surface area (Å²) in [6.45, 7) is 0. The van der Waals surface area contributed by atoms with Crippen molar-refractivity contribution in [2.75, 3.05) is 11.0 Å². The number of hydrogen-bond acceptors (Lipinski definition) is 4. The van der Waals surface area contributed by atoms with Crippen LogP contribution in [0.25, 0.3) is 0 Å². The van der Waals surface area contributed by atoms with Gasteiger partial charge in [-0.1, -0.05) is 6.42 Å². The summed E-state index contributed by atoms with van der Waals surface area (Å²) in [5.74, 6) is -2.60. The van der Waals surface area contributed by atoms with E-state index in [2.05, 4.69) is 10.0 Å². The van der Waals surface area contributed by atoms with Crippen molar-refractivity contribution in [3.8, 4) is 5.75 Å². The third kappa shape index (κ3) is 5.52. The molecule has 140 valence electrons.